The molecule has 19 heavy (non-hydrogen) atoms. The van der Waals surface area contributed by atoms with Crippen molar-refractivity contribution in [3.63, 3.8) is 0 Å². The van der Waals surface area contributed by atoms with Crippen LogP contribution in [0.2, 0.25) is 0 Å². The number of rotatable bonds is 3. The van der Waals surface area contributed by atoms with Crippen molar-refractivity contribution in [2.75, 3.05) is 19.7 Å². The second-order valence-corrected chi connectivity index (χ2v) is 6.21. The number of ether oxygens (including phenoxy) is 1. The molecule has 1 atom stereocenters. The quantitative estimate of drug-likeness (QED) is 0.791. The van der Waals surface area contributed by atoms with E-state index in [2.05, 4.69) is 15.9 Å². The molecule has 4 nitrogen and oxygen atoms in total. The average molecular weight is 346 g/mol. The summed E-state index contributed by atoms with van der Waals surface area (Å²) in [5.41, 5.74) is 0. The second-order valence-electron chi connectivity index (χ2n) is 4.44. The smallest absolute Gasteiger partial charge is 0.310 e. The number of esters is 1. The number of thiophene rings is 1. The van der Waals surface area contributed by atoms with Gasteiger partial charge in [-0.15, -0.1) is 11.3 Å². The molecule has 1 amide bonds. The minimum Gasteiger partial charge on any atom is -0.466 e. The normalized spacial score (nSPS) is 19.3. The third-order valence-electron chi connectivity index (χ3n) is 3.14. The van der Waals surface area contributed by atoms with Crippen LogP contribution in [0.5, 0.6) is 0 Å². The van der Waals surface area contributed by atoms with Crippen LogP contribution in [0.4, 0.5) is 0 Å². The van der Waals surface area contributed by atoms with Crippen LogP contribution < -0.4 is 0 Å². The van der Waals surface area contributed by atoms with Crippen molar-refractivity contribution in [2.24, 2.45) is 5.92 Å². The molecular formula is C13H16BrNO3S. The van der Waals surface area contributed by atoms with Gasteiger partial charge in [-0.2, -0.15) is 0 Å². The Hall–Kier alpha value is -0.880. The van der Waals surface area contributed by atoms with Gasteiger partial charge in [-0.1, -0.05) is 0 Å². The largest absolute Gasteiger partial charge is 0.466 e. The molecule has 2 rings (SSSR count). The zero-order valence-corrected chi connectivity index (χ0v) is 13.1. The molecule has 1 fully saturated rings. The number of carbonyl (C=O) groups excluding carboxylic acids is 2. The lowest BCUT2D eigenvalue weighted by Gasteiger charge is -2.31. The maximum atomic E-state index is 12.4. The first-order valence-electron chi connectivity index (χ1n) is 6.32. The van der Waals surface area contributed by atoms with Crippen LogP contribution >= 0.6 is 27.3 Å². The van der Waals surface area contributed by atoms with Gasteiger partial charge in [-0.25, -0.2) is 0 Å². The highest BCUT2D eigenvalue weighted by Crippen LogP contribution is 2.26. The number of likely N-dealkylation sites (tertiary alicyclic amines) is 1. The molecule has 1 aromatic rings. The summed E-state index contributed by atoms with van der Waals surface area (Å²) < 4.78 is 5.86. The van der Waals surface area contributed by atoms with Gasteiger partial charge in [0.1, 0.15) is 4.88 Å². The molecule has 0 saturated carbocycles. The standard InChI is InChI=1S/C13H16BrNO3S/c1-2-18-13(17)9-4-3-6-15(8-9)12(16)11-10(14)5-7-19-11/h5,7,9H,2-4,6,8H2,1H3/t9-/m0/s1. The second kappa shape index (κ2) is 6.52. The van der Waals surface area contributed by atoms with E-state index in [1.807, 2.05) is 11.4 Å². The number of hydrogen-bond acceptors (Lipinski definition) is 4. The first-order chi connectivity index (χ1) is 9.13. The fraction of sp³-hybridized carbons (Fsp3) is 0.538. The van der Waals surface area contributed by atoms with E-state index >= 15 is 0 Å². The van der Waals surface area contributed by atoms with Gasteiger partial charge in [0, 0.05) is 17.6 Å². The molecule has 1 aliphatic heterocycles. The number of amides is 1. The Kier molecular flexibility index (Phi) is 4.99. The highest BCUT2D eigenvalue weighted by molar-refractivity contribution is 9.10. The molecule has 104 valence electrons. The third kappa shape index (κ3) is 3.36. The molecule has 0 bridgehead atoms. The molecular weight excluding hydrogens is 330 g/mol. The van der Waals surface area contributed by atoms with Crippen molar-refractivity contribution in [3.05, 3.63) is 20.8 Å². The molecule has 0 aliphatic carbocycles. The molecule has 0 unspecified atom stereocenters. The highest BCUT2D eigenvalue weighted by Gasteiger charge is 2.30. The van der Waals surface area contributed by atoms with Crippen LogP contribution in [0.15, 0.2) is 15.9 Å². The van der Waals surface area contributed by atoms with Crippen LogP contribution in [-0.2, 0) is 9.53 Å². The predicted molar refractivity (Wildman–Crippen MR) is 77.3 cm³/mol. The summed E-state index contributed by atoms with van der Waals surface area (Å²) in [7, 11) is 0. The van der Waals surface area contributed by atoms with Crippen molar-refractivity contribution in [3.8, 4) is 0 Å². The van der Waals surface area contributed by atoms with E-state index in [0.717, 1.165) is 17.3 Å². The van der Waals surface area contributed by atoms with Crippen molar-refractivity contribution < 1.29 is 14.3 Å². The van der Waals surface area contributed by atoms with E-state index in [0.29, 0.717) is 24.6 Å². The number of nitrogens with zero attached hydrogens (tertiary/aromatic N) is 1. The Morgan fingerprint density at radius 2 is 2.37 bits per heavy atom. The highest BCUT2D eigenvalue weighted by atomic mass is 79.9. The van der Waals surface area contributed by atoms with E-state index in [4.69, 9.17) is 4.74 Å². The van der Waals surface area contributed by atoms with Crippen molar-refractivity contribution in [2.45, 2.75) is 19.8 Å². The fourth-order valence-electron chi connectivity index (χ4n) is 2.20. The Balaban J connectivity index is 2.03. The number of hydrogen-bond donors (Lipinski definition) is 0. The zero-order valence-electron chi connectivity index (χ0n) is 10.7. The Labute approximate surface area is 124 Å². The van der Waals surface area contributed by atoms with E-state index < -0.39 is 0 Å². The Morgan fingerprint density at radius 1 is 1.58 bits per heavy atom. The predicted octanol–water partition coefficient (Wildman–Crippen LogP) is 2.93. The van der Waals surface area contributed by atoms with Gasteiger partial charge in [-0.05, 0) is 47.1 Å². The summed E-state index contributed by atoms with van der Waals surface area (Å²) in [5, 5.41) is 1.88. The minimum atomic E-state index is -0.190. The molecule has 6 heteroatoms. The summed E-state index contributed by atoms with van der Waals surface area (Å²) in [6.07, 6.45) is 1.65. The third-order valence-corrected chi connectivity index (χ3v) is 4.97. The van der Waals surface area contributed by atoms with Crippen molar-refractivity contribution >= 4 is 39.1 Å². The van der Waals surface area contributed by atoms with E-state index in [1.54, 1.807) is 11.8 Å². The molecule has 2 heterocycles. The molecule has 1 saturated heterocycles. The van der Waals surface area contributed by atoms with Crippen LogP contribution in [0, 0.1) is 5.92 Å². The van der Waals surface area contributed by atoms with Gasteiger partial charge < -0.3 is 9.64 Å². The van der Waals surface area contributed by atoms with E-state index in [1.165, 1.54) is 11.3 Å². The summed E-state index contributed by atoms with van der Waals surface area (Å²) in [6, 6.07) is 1.87. The topological polar surface area (TPSA) is 46.6 Å². The fourth-order valence-corrected chi connectivity index (χ4v) is 3.71. The summed E-state index contributed by atoms with van der Waals surface area (Å²) in [5.74, 6) is -0.377. The summed E-state index contributed by atoms with van der Waals surface area (Å²) >= 11 is 4.79. The summed E-state index contributed by atoms with van der Waals surface area (Å²) in [6.45, 7) is 3.35. The first-order valence-corrected chi connectivity index (χ1v) is 7.99. The number of halogens is 1. The number of carbonyl (C=O) groups is 2. The molecule has 0 radical (unpaired) electrons. The first kappa shape index (κ1) is 14.5. The van der Waals surface area contributed by atoms with Crippen LogP contribution in [-0.4, -0.2) is 36.5 Å². The minimum absolute atomic E-state index is 0.00382. The lowest BCUT2D eigenvalue weighted by molar-refractivity contribution is -0.149. The lowest BCUT2D eigenvalue weighted by atomic mass is 9.98. The maximum absolute atomic E-state index is 12.4. The Bertz CT molecular complexity index is 474. The monoisotopic (exact) mass is 345 g/mol. The molecule has 1 aromatic heterocycles. The zero-order chi connectivity index (χ0) is 13.8. The van der Waals surface area contributed by atoms with E-state index in [9.17, 15) is 9.59 Å². The van der Waals surface area contributed by atoms with E-state index in [-0.39, 0.29) is 17.8 Å². The van der Waals surface area contributed by atoms with Gasteiger partial charge in [0.2, 0.25) is 0 Å². The van der Waals surface area contributed by atoms with Crippen molar-refractivity contribution in [1.29, 1.82) is 0 Å². The SMILES string of the molecule is CCOC(=O)[C@H]1CCCN(C(=O)c2sccc2Br)C1. The van der Waals surface area contributed by atoms with Gasteiger partial charge in [-0.3, -0.25) is 9.59 Å². The van der Waals surface area contributed by atoms with Gasteiger partial charge in [0.15, 0.2) is 0 Å². The molecule has 0 N–H and O–H groups in total. The maximum Gasteiger partial charge on any atom is 0.310 e. The molecule has 0 spiro atoms. The van der Waals surface area contributed by atoms with Crippen molar-refractivity contribution in [1.82, 2.24) is 4.90 Å². The molecule has 0 aromatic carbocycles. The lowest BCUT2D eigenvalue weighted by Crippen LogP contribution is -2.42. The van der Waals surface area contributed by atoms with Crippen LogP contribution in [0.3, 0.4) is 0 Å². The Morgan fingerprint density at radius 3 is 3.00 bits per heavy atom. The van der Waals surface area contributed by atoms with Crippen LogP contribution in [0.25, 0.3) is 0 Å². The van der Waals surface area contributed by atoms with Crippen LogP contribution in [0.1, 0.15) is 29.4 Å². The molecule has 1 aliphatic rings. The van der Waals surface area contributed by atoms with Gasteiger partial charge >= 0.3 is 5.97 Å². The average Bonchev–Trinajstić information content (AvgIpc) is 2.84. The van der Waals surface area contributed by atoms with Gasteiger partial charge in [0.25, 0.3) is 5.91 Å². The summed E-state index contributed by atoms with van der Waals surface area (Å²) in [4.78, 5) is 26.6. The number of piperidine rings is 1. The van der Waals surface area contributed by atoms with Gasteiger partial charge in [0.05, 0.1) is 12.5 Å².